The summed E-state index contributed by atoms with van der Waals surface area (Å²) >= 11 is 19.7. The minimum absolute atomic E-state index is 0.120. The zero-order valence-corrected chi connectivity index (χ0v) is 19.3. The Hall–Kier alpha value is -1.40. The van der Waals surface area contributed by atoms with Gasteiger partial charge >= 0.3 is 0 Å². The van der Waals surface area contributed by atoms with Crippen LogP contribution in [-0.4, -0.2) is 35.6 Å². The number of carbonyl (C=O) groups excluding carboxylic acids is 2. The van der Waals surface area contributed by atoms with Crippen LogP contribution in [0.15, 0.2) is 42.5 Å². The molecule has 0 aliphatic rings. The fourth-order valence-corrected chi connectivity index (χ4v) is 4.30. The second-order valence-corrected chi connectivity index (χ2v) is 8.68. The standard InChI is InChI=1S/C21H23Cl3N2O2S/c1-3-19(21(28)25-2)26(11-15-6-9-17(23)10-18(15)24)20(27)13-29-12-14-4-7-16(22)8-5-14/h4-10,19H,3,11-13H2,1-2H3,(H,25,28). The van der Waals surface area contributed by atoms with E-state index in [1.165, 1.54) is 11.8 Å². The molecule has 4 nitrogen and oxygen atoms in total. The topological polar surface area (TPSA) is 49.4 Å². The molecule has 1 unspecified atom stereocenters. The van der Waals surface area contributed by atoms with Crippen molar-refractivity contribution in [2.75, 3.05) is 12.8 Å². The molecular formula is C21H23Cl3N2O2S. The van der Waals surface area contributed by atoms with Crippen molar-refractivity contribution in [3.63, 3.8) is 0 Å². The maximum atomic E-state index is 13.0. The van der Waals surface area contributed by atoms with Crippen LogP contribution in [0.2, 0.25) is 15.1 Å². The van der Waals surface area contributed by atoms with Crippen molar-refractivity contribution in [1.82, 2.24) is 10.2 Å². The van der Waals surface area contributed by atoms with Gasteiger partial charge in [-0.1, -0.05) is 59.9 Å². The molecule has 0 aliphatic carbocycles. The lowest BCUT2D eigenvalue weighted by Gasteiger charge is -2.30. The van der Waals surface area contributed by atoms with E-state index in [2.05, 4.69) is 5.32 Å². The Bertz CT molecular complexity index is 846. The zero-order valence-electron chi connectivity index (χ0n) is 16.3. The van der Waals surface area contributed by atoms with E-state index in [0.717, 1.165) is 11.1 Å². The highest BCUT2D eigenvalue weighted by Gasteiger charge is 2.28. The van der Waals surface area contributed by atoms with Crippen LogP contribution in [0.4, 0.5) is 0 Å². The summed E-state index contributed by atoms with van der Waals surface area (Å²) in [5.74, 6) is 0.607. The van der Waals surface area contributed by atoms with E-state index in [1.54, 1.807) is 30.1 Å². The number of hydrogen-bond acceptors (Lipinski definition) is 3. The minimum Gasteiger partial charge on any atom is -0.357 e. The molecule has 1 N–H and O–H groups in total. The first-order valence-electron chi connectivity index (χ1n) is 9.12. The van der Waals surface area contributed by atoms with E-state index < -0.39 is 6.04 Å². The molecule has 156 valence electrons. The van der Waals surface area contributed by atoms with Crippen LogP contribution in [0.25, 0.3) is 0 Å². The molecule has 0 heterocycles. The van der Waals surface area contributed by atoms with Crippen LogP contribution in [0, 0.1) is 0 Å². The first-order valence-corrected chi connectivity index (χ1v) is 11.4. The second kappa shape index (κ2) is 11.7. The number of nitrogens with zero attached hydrogens (tertiary/aromatic N) is 1. The van der Waals surface area contributed by atoms with Gasteiger partial charge in [0, 0.05) is 34.4 Å². The van der Waals surface area contributed by atoms with Gasteiger partial charge in [-0.25, -0.2) is 0 Å². The van der Waals surface area contributed by atoms with Gasteiger partial charge in [0.15, 0.2) is 0 Å². The fourth-order valence-electron chi connectivity index (χ4n) is 2.84. The zero-order chi connectivity index (χ0) is 21.4. The summed E-state index contributed by atoms with van der Waals surface area (Å²) in [4.78, 5) is 27.0. The molecule has 0 saturated carbocycles. The maximum absolute atomic E-state index is 13.0. The highest BCUT2D eigenvalue weighted by atomic mass is 35.5. The van der Waals surface area contributed by atoms with Crippen LogP contribution in [0.5, 0.6) is 0 Å². The van der Waals surface area contributed by atoms with Crippen molar-refractivity contribution in [2.45, 2.75) is 31.7 Å². The van der Waals surface area contributed by atoms with Gasteiger partial charge in [0.05, 0.1) is 5.75 Å². The molecule has 2 aromatic carbocycles. The van der Waals surface area contributed by atoms with Crippen molar-refractivity contribution < 1.29 is 9.59 Å². The second-order valence-electron chi connectivity index (χ2n) is 6.41. The molecule has 2 rings (SSSR count). The Morgan fingerprint density at radius 1 is 1.07 bits per heavy atom. The molecule has 0 spiro atoms. The van der Waals surface area contributed by atoms with Crippen molar-refractivity contribution in [3.05, 3.63) is 68.7 Å². The Morgan fingerprint density at radius 3 is 2.31 bits per heavy atom. The molecule has 1 atom stereocenters. The van der Waals surface area contributed by atoms with Gasteiger partial charge in [-0.3, -0.25) is 9.59 Å². The number of likely N-dealkylation sites (N-methyl/N-ethyl adjacent to an activating group) is 1. The van der Waals surface area contributed by atoms with E-state index in [0.29, 0.717) is 27.2 Å². The first kappa shape index (κ1) is 23.9. The van der Waals surface area contributed by atoms with Gasteiger partial charge in [-0.05, 0) is 41.8 Å². The number of thioether (sulfide) groups is 1. The summed E-state index contributed by atoms with van der Waals surface area (Å²) in [5.41, 5.74) is 1.83. The fraction of sp³-hybridized carbons (Fsp3) is 0.333. The quantitative estimate of drug-likeness (QED) is 0.528. The molecule has 2 amide bonds. The third-order valence-corrected chi connectivity index (χ3v) is 6.22. The van der Waals surface area contributed by atoms with Crippen LogP contribution < -0.4 is 5.32 Å². The first-order chi connectivity index (χ1) is 13.8. The molecule has 0 aromatic heterocycles. The van der Waals surface area contributed by atoms with Crippen molar-refractivity contribution >= 4 is 58.4 Å². The van der Waals surface area contributed by atoms with E-state index in [4.69, 9.17) is 34.8 Å². The predicted molar refractivity (Wildman–Crippen MR) is 123 cm³/mol. The van der Waals surface area contributed by atoms with Crippen LogP contribution in [-0.2, 0) is 21.9 Å². The number of rotatable bonds is 9. The molecule has 2 aromatic rings. The predicted octanol–water partition coefficient (Wildman–Crippen LogP) is 5.43. The lowest BCUT2D eigenvalue weighted by molar-refractivity contribution is -0.139. The maximum Gasteiger partial charge on any atom is 0.242 e. The lowest BCUT2D eigenvalue weighted by atomic mass is 10.1. The number of amides is 2. The van der Waals surface area contributed by atoms with E-state index in [9.17, 15) is 9.59 Å². The smallest absolute Gasteiger partial charge is 0.242 e. The average Bonchev–Trinajstić information content (AvgIpc) is 2.70. The summed E-state index contributed by atoms with van der Waals surface area (Å²) in [6.45, 7) is 2.12. The summed E-state index contributed by atoms with van der Waals surface area (Å²) in [6.07, 6.45) is 0.498. The third-order valence-electron chi connectivity index (χ3n) is 4.40. The van der Waals surface area contributed by atoms with Gasteiger partial charge in [0.2, 0.25) is 11.8 Å². The molecular weight excluding hydrogens is 451 g/mol. The minimum atomic E-state index is -0.574. The molecule has 8 heteroatoms. The molecule has 0 fully saturated rings. The highest BCUT2D eigenvalue weighted by molar-refractivity contribution is 7.99. The Balaban J connectivity index is 2.13. The van der Waals surface area contributed by atoms with Crippen LogP contribution >= 0.6 is 46.6 Å². The Labute approximate surface area is 190 Å². The Morgan fingerprint density at radius 2 is 1.72 bits per heavy atom. The van der Waals surface area contributed by atoms with E-state index in [1.807, 2.05) is 31.2 Å². The Kier molecular flexibility index (Phi) is 9.63. The van der Waals surface area contributed by atoms with Gasteiger partial charge in [0.1, 0.15) is 6.04 Å². The van der Waals surface area contributed by atoms with Gasteiger partial charge < -0.3 is 10.2 Å². The summed E-state index contributed by atoms with van der Waals surface area (Å²) < 4.78 is 0. The number of hydrogen-bond donors (Lipinski definition) is 1. The van der Waals surface area contributed by atoms with E-state index in [-0.39, 0.29) is 24.1 Å². The molecule has 0 bridgehead atoms. The summed E-state index contributed by atoms with van der Waals surface area (Å²) in [5, 5.41) is 4.31. The molecule has 0 radical (unpaired) electrons. The number of carbonyl (C=O) groups is 2. The largest absolute Gasteiger partial charge is 0.357 e. The third kappa shape index (κ3) is 7.10. The molecule has 29 heavy (non-hydrogen) atoms. The van der Waals surface area contributed by atoms with Gasteiger partial charge in [-0.15, -0.1) is 11.8 Å². The highest BCUT2D eigenvalue weighted by Crippen LogP contribution is 2.24. The summed E-state index contributed by atoms with van der Waals surface area (Å²) in [6, 6.07) is 12.1. The number of benzene rings is 2. The number of nitrogens with one attached hydrogen (secondary N) is 1. The average molecular weight is 474 g/mol. The van der Waals surface area contributed by atoms with Crippen molar-refractivity contribution in [3.8, 4) is 0 Å². The van der Waals surface area contributed by atoms with Crippen LogP contribution in [0.1, 0.15) is 24.5 Å². The SMILES string of the molecule is CCC(C(=O)NC)N(Cc1ccc(Cl)cc1Cl)C(=O)CSCc1ccc(Cl)cc1. The number of halogens is 3. The molecule has 0 aliphatic heterocycles. The molecule has 0 saturated heterocycles. The van der Waals surface area contributed by atoms with Gasteiger partial charge in [0.25, 0.3) is 0 Å². The summed E-state index contributed by atoms with van der Waals surface area (Å²) in [7, 11) is 1.57. The monoisotopic (exact) mass is 472 g/mol. The van der Waals surface area contributed by atoms with E-state index >= 15 is 0 Å². The van der Waals surface area contributed by atoms with Crippen molar-refractivity contribution in [2.24, 2.45) is 0 Å². The lowest BCUT2D eigenvalue weighted by Crippen LogP contribution is -2.48. The van der Waals surface area contributed by atoms with Gasteiger partial charge in [-0.2, -0.15) is 0 Å². The van der Waals surface area contributed by atoms with Crippen LogP contribution in [0.3, 0.4) is 0 Å². The van der Waals surface area contributed by atoms with Crippen molar-refractivity contribution in [1.29, 1.82) is 0 Å². The normalized spacial score (nSPS) is 11.8.